The third-order valence-corrected chi connectivity index (χ3v) is 5.54. The first-order valence-corrected chi connectivity index (χ1v) is 10.2. The Balaban J connectivity index is 1.76. The normalized spacial score (nSPS) is 15.4. The van der Waals surface area contributed by atoms with E-state index >= 15 is 0 Å². The van der Waals surface area contributed by atoms with Crippen LogP contribution in [-0.2, 0) is 16.1 Å². The molecular weight excluding hydrogens is 497 g/mol. The number of rotatable bonds is 6. The number of methoxy groups -OCH3 is 1. The number of imide groups is 1. The predicted octanol–water partition coefficient (Wildman–Crippen LogP) is 4.31. The molecule has 28 heavy (non-hydrogen) atoms. The molecule has 1 aromatic carbocycles. The highest BCUT2D eigenvalue weighted by Crippen LogP contribution is 2.34. The van der Waals surface area contributed by atoms with Gasteiger partial charge in [-0.3, -0.25) is 14.5 Å². The van der Waals surface area contributed by atoms with Crippen molar-refractivity contribution in [3.05, 3.63) is 55.9 Å². The van der Waals surface area contributed by atoms with Crippen molar-refractivity contribution in [1.29, 1.82) is 0 Å². The van der Waals surface area contributed by atoms with E-state index < -0.39 is 17.1 Å². The zero-order valence-electron chi connectivity index (χ0n) is 15.1. The quantitative estimate of drug-likeness (QED) is 0.324. The number of nitrogens with zero attached hydrogens (tertiary/aromatic N) is 1. The van der Waals surface area contributed by atoms with Gasteiger partial charge in [-0.2, -0.15) is 0 Å². The van der Waals surface area contributed by atoms with E-state index in [-0.39, 0.29) is 12.3 Å². The van der Waals surface area contributed by atoms with E-state index in [0.29, 0.717) is 17.3 Å². The number of halogens is 1. The number of hydrogen-bond donors (Lipinski definition) is 0. The van der Waals surface area contributed by atoms with Crippen LogP contribution in [-0.4, -0.2) is 35.7 Å². The van der Waals surface area contributed by atoms with Crippen molar-refractivity contribution in [2.24, 2.45) is 0 Å². The Labute approximate surface area is 179 Å². The van der Waals surface area contributed by atoms with Crippen LogP contribution in [0, 0.1) is 3.57 Å². The van der Waals surface area contributed by atoms with E-state index in [2.05, 4.69) is 27.3 Å². The third-order valence-electron chi connectivity index (χ3n) is 3.79. The summed E-state index contributed by atoms with van der Waals surface area (Å²) in [6.45, 7) is 2.42. The molecule has 1 aromatic heterocycles. The molecule has 9 heteroatoms. The molecule has 0 spiro atoms. The Bertz CT molecular complexity index is 967. The lowest BCUT2D eigenvalue weighted by molar-refractivity contribution is -0.123. The molecule has 1 aliphatic heterocycles. The summed E-state index contributed by atoms with van der Waals surface area (Å²) in [7, 11) is 1.24. The van der Waals surface area contributed by atoms with Gasteiger partial charge in [-0.25, -0.2) is 4.79 Å². The second-order valence-electron chi connectivity index (χ2n) is 5.65. The number of benzene rings is 1. The molecule has 2 heterocycles. The first kappa shape index (κ1) is 20.5. The minimum Gasteiger partial charge on any atom is -0.493 e. The molecule has 1 saturated heterocycles. The van der Waals surface area contributed by atoms with Crippen LogP contribution in [0.25, 0.3) is 6.08 Å². The highest BCUT2D eigenvalue weighted by Gasteiger charge is 2.35. The van der Waals surface area contributed by atoms with Crippen molar-refractivity contribution in [3.8, 4) is 5.75 Å². The highest BCUT2D eigenvalue weighted by molar-refractivity contribution is 14.1. The Kier molecular flexibility index (Phi) is 6.45. The summed E-state index contributed by atoms with van der Waals surface area (Å²) < 4.78 is 16.3. The van der Waals surface area contributed by atoms with Crippen molar-refractivity contribution in [2.75, 3.05) is 13.7 Å². The minimum absolute atomic E-state index is 0.0176. The van der Waals surface area contributed by atoms with Crippen LogP contribution in [0.5, 0.6) is 5.75 Å². The first-order chi connectivity index (χ1) is 13.4. The standard InChI is InChI=1S/C19H16INO6S/c1-3-26-14-6-4-11(8-13(14)20)9-16-17(22)21(19(24)28-16)10-12-5-7-15(27-12)18(23)25-2/h4-9H,3,10H2,1-2H3/b16-9+. The molecule has 1 aliphatic rings. The lowest BCUT2D eigenvalue weighted by Crippen LogP contribution is -2.27. The number of ether oxygens (including phenoxy) is 2. The maximum Gasteiger partial charge on any atom is 0.373 e. The van der Waals surface area contributed by atoms with E-state index in [9.17, 15) is 14.4 Å². The van der Waals surface area contributed by atoms with E-state index in [1.165, 1.54) is 19.2 Å². The number of hydrogen-bond acceptors (Lipinski definition) is 7. The number of furan rings is 1. The van der Waals surface area contributed by atoms with E-state index in [4.69, 9.17) is 9.15 Å². The Morgan fingerprint density at radius 1 is 1.29 bits per heavy atom. The molecule has 0 aliphatic carbocycles. The fourth-order valence-electron chi connectivity index (χ4n) is 2.50. The molecule has 0 atom stereocenters. The second kappa shape index (κ2) is 8.82. The molecule has 0 bridgehead atoms. The Morgan fingerprint density at radius 2 is 2.07 bits per heavy atom. The molecular formula is C19H16INO6S. The van der Waals surface area contributed by atoms with Gasteiger partial charge in [0.1, 0.15) is 11.5 Å². The SMILES string of the molecule is CCOc1ccc(/C=C2/SC(=O)N(Cc3ccc(C(=O)OC)o3)C2=O)cc1I. The average Bonchev–Trinajstić information content (AvgIpc) is 3.24. The summed E-state index contributed by atoms with van der Waals surface area (Å²) in [5.74, 6) is 0.0800. The largest absolute Gasteiger partial charge is 0.493 e. The summed E-state index contributed by atoms with van der Waals surface area (Å²) in [6, 6.07) is 8.52. The van der Waals surface area contributed by atoms with Crippen molar-refractivity contribution in [2.45, 2.75) is 13.5 Å². The lowest BCUT2D eigenvalue weighted by Gasteiger charge is -2.10. The molecule has 3 rings (SSSR count). The van der Waals surface area contributed by atoms with Crippen LogP contribution in [0.2, 0.25) is 0 Å². The monoisotopic (exact) mass is 513 g/mol. The number of amides is 2. The van der Waals surface area contributed by atoms with Crippen LogP contribution in [0.4, 0.5) is 4.79 Å². The zero-order valence-corrected chi connectivity index (χ0v) is 18.0. The lowest BCUT2D eigenvalue weighted by atomic mass is 10.2. The van der Waals surface area contributed by atoms with Crippen molar-refractivity contribution < 1.29 is 28.3 Å². The maximum absolute atomic E-state index is 12.6. The van der Waals surface area contributed by atoms with Gasteiger partial charge in [-0.05, 0) is 77.2 Å². The highest BCUT2D eigenvalue weighted by atomic mass is 127. The van der Waals surface area contributed by atoms with Crippen LogP contribution in [0.15, 0.2) is 39.7 Å². The zero-order chi connectivity index (χ0) is 20.3. The van der Waals surface area contributed by atoms with Gasteiger partial charge in [0.05, 0.1) is 28.7 Å². The number of esters is 1. The molecule has 1 fully saturated rings. The molecule has 0 radical (unpaired) electrons. The number of thioether (sulfide) groups is 1. The van der Waals surface area contributed by atoms with Gasteiger partial charge >= 0.3 is 5.97 Å². The average molecular weight is 513 g/mol. The number of carbonyl (C=O) groups excluding carboxylic acids is 3. The fourth-order valence-corrected chi connectivity index (χ4v) is 4.03. The molecule has 0 saturated carbocycles. The maximum atomic E-state index is 12.6. The van der Waals surface area contributed by atoms with E-state index in [0.717, 1.165) is 31.5 Å². The van der Waals surface area contributed by atoms with E-state index in [1.54, 1.807) is 6.08 Å². The van der Waals surface area contributed by atoms with Gasteiger partial charge in [0.15, 0.2) is 0 Å². The molecule has 2 amide bonds. The van der Waals surface area contributed by atoms with Crippen molar-refractivity contribution >= 4 is 57.5 Å². The molecule has 7 nitrogen and oxygen atoms in total. The van der Waals surface area contributed by atoms with Crippen molar-refractivity contribution in [1.82, 2.24) is 4.90 Å². The molecule has 0 N–H and O–H groups in total. The van der Waals surface area contributed by atoms with Crippen molar-refractivity contribution in [3.63, 3.8) is 0 Å². The summed E-state index contributed by atoms with van der Waals surface area (Å²) >= 11 is 3.03. The topological polar surface area (TPSA) is 86.1 Å². The first-order valence-electron chi connectivity index (χ1n) is 8.27. The molecule has 146 valence electrons. The van der Waals surface area contributed by atoms with E-state index in [1.807, 2.05) is 25.1 Å². The van der Waals surface area contributed by atoms with Gasteiger partial charge in [-0.1, -0.05) is 6.07 Å². The second-order valence-corrected chi connectivity index (χ2v) is 7.80. The van der Waals surface area contributed by atoms with Crippen LogP contribution < -0.4 is 4.74 Å². The summed E-state index contributed by atoms with van der Waals surface area (Å²) in [5.41, 5.74) is 0.796. The van der Waals surface area contributed by atoms with Gasteiger partial charge in [0.25, 0.3) is 11.1 Å². The van der Waals surface area contributed by atoms with Gasteiger partial charge < -0.3 is 13.9 Å². The summed E-state index contributed by atoms with van der Waals surface area (Å²) in [6.07, 6.45) is 1.67. The van der Waals surface area contributed by atoms with Gasteiger partial charge in [-0.15, -0.1) is 0 Å². The Morgan fingerprint density at radius 3 is 2.75 bits per heavy atom. The smallest absolute Gasteiger partial charge is 0.373 e. The molecule has 0 unspecified atom stereocenters. The van der Waals surface area contributed by atoms with Crippen LogP contribution in [0.3, 0.4) is 0 Å². The minimum atomic E-state index is -0.620. The van der Waals surface area contributed by atoms with Gasteiger partial charge in [0.2, 0.25) is 5.76 Å². The predicted molar refractivity (Wildman–Crippen MR) is 112 cm³/mol. The summed E-state index contributed by atoms with van der Waals surface area (Å²) in [4.78, 5) is 37.8. The Hall–Kier alpha value is -2.27. The summed E-state index contributed by atoms with van der Waals surface area (Å²) in [5, 5.41) is -0.395. The van der Waals surface area contributed by atoms with Crippen LogP contribution >= 0.6 is 34.4 Å². The van der Waals surface area contributed by atoms with Crippen LogP contribution in [0.1, 0.15) is 28.8 Å². The molecule has 2 aromatic rings. The fraction of sp³-hybridized carbons (Fsp3) is 0.211. The third kappa shape index (κ3) is 4.41. The number of carbonyl (C=O) groups is 3. The van der Waals surface area contributed by atoms with Gasteiger partial charge in [0, 0.05) is 0 Å².